The molecule has 0 atom stereocenters. The van der Waals surface area contributed by atoms with Gasteiger partial charge in [-0.1, -0.05) is 0 Å². The van der Waals surface area contributed by atoms with Crippen molar-refractivity contribution < 1.29 is 9.53 Å². The number of rotatable bonds is 4. The Morgan fingerprint density at radius 1 is 0.808 bits per heavy atom. The van der Waals surface area contributed by atoms with E-state index < -0.39 is 0 Å². The van der Waals surface area contributed by atoms with Gasteiger partial charge in [-0.15, -0.1) is 0 Å². The van der Waals surface area contributed by atoms with E-state index in [0.29, 0.717) is 12.3 Å². The van der Waals surface area contributed by atoms with Crippen molar-refractivity contribution in [2.24, 2.45) is 0 Å². The number of esters is 1. The van der Waals surface area contributed by atoms with Gasteiger partial charge in [-0.25, -0.2) is 4.79 Å². The standard InChI is InChI=1S/C21H27N3O2/c1-8-26-21(25)20-15(7)14(6)19(24-20)18-13(5)12(4)17(23-18)16-11(3)10(2)9-22-16/h9,22-24H,8H2,1-7H3. The van der Waals surface area contributed by atoms with Gasteiger partial charge in [0.05, 0.1) is 29.4 Å². The van der Waals surface area contributed by atoms with Crippen LogP contribution in [0.3, 0.4) is 0 Å². The molecule has 0 saturated carbocycles. The Morgan fingerprint density at radius 3 is 1.88 bits per heavy atom. The van der Waals surface area contributed by atoms with Crippen LogP contribution >= 0.6 is 0 Å². The molecule has 3 aromatic rings. The van der Waals surface area contributed by atoms with Crippen molar-refractivity contribution in [2.75, 3.05) is 6.61 Å². The normalized spacial score (nSPS) is 11.2. The smallest absolute Gasteiger partial charge is 0.355 e. The molecule has 0 spiro atoms. The third-order valence-corrected chi connectivity index (χ3v) is 5.50. The third kappa shape index (κ3) is 2.68. The van der Waals surface area contributed by atoms with Gasteiger partial charge in [0.15, 0.2) is 0 Å². The summed E-state index contributed by atoms with van der Waals surface area (Å²) in [5.41, 5.74) is 11.5. The topological polar surface area (TPSA) is 73.7 Å². The van der Waals surface area contributed by atoms with Crippen LogP contribution in [-0.4, -0.2) is 27.5 Å². The summed E-state index contributed by atoms with van der Waals surface area (Å²) in [5.74, 6) is -0.309. The van der Waals surface area contributed by atoms with Gasteiger partial charge in [-0.3, -0.25) is 0 Å². The highest BCUT2D eigenvalue weighted by molar-refractivity contribution is 5.91. The summed E-state index contributed by atoms with van der Waals surface area (Å²) in [6.45, 7) is 14.6. The fourth-order valence-corrected chi connectivity index (χ4v) is 3.39. The van der Waals surface area contributed by atoms with Crippen LogP contribution in [0.5, 0.6) is 0 Å². The molecule has 0 aliphatic carbocycles. The molecule has 3 N–H and O–H groups in total. The maximum absolute atomic E-state index is 12.2. The van der Waals surface area contributed by atoms with E-state index in [9.17, 15) is 4.79 Å². The molecule has 0 radical (unpaired) electrons. The minimum Gasteiger partial charge on any atom is -0.461 e. The lowest BCUT2D eigenvalue weighted by Gasteiger charge is -2.01. The quantitative estimate of drug-likeness (QED) is 0.575. The van der Waals surface area contributed by atoms with E-state index in [4.69, 9.17) is 4.74 Å². The average Bonchev–Trinajstić information content (AvgIpc) is 3.19. The van der Waals surface area contributed by atoms with Crippen molar-refractivity contribution >= 4 is 5.97 Å². The predicted molar refractivity (Wildman–Crippen MR) is 105 cm³/mol. The number of aryl methyl sites for hydroxylation is 1. The van der Waals surface area contributed by atoms with E-state index in [1.165, 1.54) is 22.3 Å². The Labute approximate surface area is 154 Å². The van der Waals surface area contributed by atoms with Crippen LogP contribution in [0, 0.1) is 41.5 Å². The van der Waals surface area contributed by atoms with Gasteiger partial charge in [0.2, 0.25) is 0 Å². The minimum absolute atomic E-state index is 0.309. The fourth-order valence-electron chi connectivity index (χ4n) is 3.39. The van der Waals surface area contributed by atoms with Crippen molar-refractivity contribution in [3.63, 3.8) is 0 Å². The number of hydrogen-bond donors (Lipinski definition) is 3. The zero-order valence-electron chi connectivity index (χ0n) is 16.6. The van der Waals surface area contributed by atoms with Crippen LogP contribution in [0.4, 0.5) is 0 Å². The van der Waals surface area contributed by atoms with Gasteiger partial charge >= 0.3 is 5.97 Å². The molecule has 3 rings (SSSR count). The second kappa shape index (κ2) is 6.56. The molecule has 3 aromatic heterocycles. The van der Waals surface area contributed by atoms with Crippen LogP contribution in [0.1, 0.15) is 50.8 Å². The lowest BCUT2D eigenvalue weighted by atomic mass is 10.0. The SMILES string of the molecule is CCOC(=O)c1[nH]c(-c2[nH]c(-c3[nH]cc(C)c3C)c(C)c2C)c(C)c1C. The highest BCUT2D eigenvalue weighted by Gasteiger charge is 2.23. The van der Waals surface area contributed by atoms with Crippen LogP contribution < -0.4 is 0 Å². The van der Waals surface area contributed by atoms with Crippen LogP contribution in [-0.2, 0) is 4.74 Å². The van der Waals surface area contributed by atoms with E-state index in [2.05, 4.69) is 42.6 Å². The monoisotopic (exact) mass is 353 g/mol. The number of carbonyl (C=O) groups excluding carboxylic acids is 1. The summed E-state index contributed by atoms with van der Waals surface area (Å²) < 4.78 is 5.17. The van der Waals surface area contributed by atoms with Crippen molar-refractivity contribution in [2.45, 2.75) is 48.5 Å². The first-order valence-corrected chi connectivity index (χ1v) is 8.98. The van der Waals surface area contributed by atoms with E-state index >= 15 is 0 Å². The summed E-state index contributed by atoms with van der Waals surface area (Å²) >= 11 is 0. The molecular weight excluding hydrogens is 326 g/mol. The number of aromatic amines is 3. The Bertz CT molecular complexity index is 986. The van der Waals surface area contributed by atoms with E-state index in [0.717, 1.165) is 33.9 Å². The summed E-state index contributed by atoms with van der Waals surface area (Å²) in [6, 6.07) is 0. The maximum Gasteiger partial charge on any atom is 0.355 e. The number of H-pyrrole nitrogens is 3. The Kier molecular flexibility index (Phi) is 4.57. The van der Waals surface area contributed by atoms with Crippen LogP contribution in [0.25, 0.3) is 22.8 Å². The van der Waals surface area contributed by atoms with Crippen LogP contribution in [0.15, 0.2) is 6.20 Å². The Balaban J connectivity index is 2.14. The van der Waals surface area contributed by atoms with Gasteiger partial charge < -0.3 is 19.7 Å². The molecule has 0 aliphatic heterocycles. The van der Waals surface area contributed by atoms with Gasteiger partial charge in [-0.2, -0.15) is 0 Å². The first-order valence-electron chi connectivity index (χ1n) is 8.98. The second-order valence-corrected chi connectivity index (χ2v) is 6.94. The minimum atomic E-state index is -0.309. The number of aromatic nitrogens is 3. The molecule has 0 aromatic carbocycles. The zero-order chi connectivity index (χ0) is 19.2. The Morgan fingerprint density at radius 2 is 1.35 bits per heavy atom. The zero-order valence-corrected chi connectivity index (χ0v) is 16.6. The first-order chi connectivity index (χ1) is 12.3. The van der Waals surface area contributed by atoms with E-state index in [1.807, 2.05) is 27.0 Å². The number of nitrogens with one attached hydrogen (secondary N) is 3. The van der Waals surface area contributed by atoms with Gasteiger partial charge in [0, 0.05) is 6.20 Å². The number of carbonyl (C=O) groups is 1. The predicted octanol–water partition coefficient (Wildman–Crippen LogP) is 5.03. The largest absolute Gasteiger partial charge is 0.461 e. The van der Waals surface area contributed by atoms with Gasteiger partial charge in [0.1, 0.15) is 5.69 Å². The van der Waals surface area contributed by atoms with Gasteiger partial charge in [0.25, 0.3) is 0 Å². The van der Waals surface area contributed by atoms with Crippen LogP contribution in [0.2, 0.25) is 0 Å². The highest BCUT2D eigenvalue weighted by atomic mass is 16.5. The lowest BCUT2D eigenvalue weighted by molar-refractivity contribution is 0.0519. The molecule has 0 amide bonds. The molecule has 0 fully saturated rings. The molecule has 0 saturated heterocycles. The number of hydrogen-bond acceptors (Lipinski definition) is 2. The fraction of sp³-hybridized carbons (Fsp3) is 0.381. The molecule has 5 nitrogen and oxygen atoms in total. The molecule has 0 bridgehead atoms. The van der Waals surface area contributed by atoms with Gasteiger partial charge in [-0.05, 0) is 81.8 Å². The molecule has 26 heavy (non-hydrogen) atoms. The van der Waals surface area contributed by atoms with Crippen molar-refractivity contribution in [3.8, 4) is 22.8 Å². The highest BCUT2D eigenvalue weighted by Crippen LogP contribution is 2.36. The van der Waals surface area contributed by atoms with E-state index in [-0.39, 0.29) is 5.97 Å². The Hall–Kier alpha value is -2.69. The second-order valence-electron chi connectivity index (χ2n) is 6.94. The van der Waals surface area contributed by atoms with Crippen molar-refractivity contribution in [3.05, 3.63) is 45.3 Å². The third-order valence-electron chi connectivity index (χ3n) is 5.50. The van der Waals surface area contributed by atoms with Crippen molar-refractivity contribution in [1.82, 2.24) is 15.0 Å². The lowest BCUT2D eigenvalue weighted by Crippen LogP contribution is -2.06. The molecule has 138 valence electrons. The summed E-state index contributed by atoms with van der Waals surface area (Å²) in [4.78, 5) is 22.5. The molecule has 3 heterocycles. The van der Waals surface area contributed by atoms with Crippen molar-refractivity contribution in [1.29, 1.82) is 0 Å². The molecule has 5 heteroatoms. The summed E-state index contributed by atoms with van der Waals surface area (Å²) in [6.07, 6.45) is 2.03. The summed E-state index contributed by atoms with van der Waals surface area (Å²) in [5, 5.41) is 0. The molecule has 0 unspecified atom stereocenters. The molecule has 0 aliphatic rings. The number of ether oxygens (including phenoxy) is 1. The van der Waals surface area contributed by atoms with E-state index in [1.54, 1.807) is 0 Å². The maximum atomic E-state index is 12.2. The first kappa shape index (κ1) is 18.1. The molecular formula is C21H27N3O2. The average molecular weight is 353 g/mol. The summed E-state index contributed by atoms with van der Waals surface area (Å²) in [7, 11) is 0.